The fourth-order valence-corrected chi connectivity index (χ4v) is 2.42. The highest BCUT2D eigenvalue weighted by molar-refractivity contribution is 8.01. The molecule has 1 heterocycles. The Kier molecular flexibility index (Phi) is 2.54. The van der Waals surface area contributed by atoms with Gasteiger partial charge in [0.1, 0.15) is 0 Å². The van der Waals surface area contributed by atoms with Crippen LogP contribution in [0.5, 0.6) is 0 Å². The third-order valence-corrected chi connectivity index (χ3v) is 3.44. The Labute approximate surface area is 86.3 Å². The zero-order valence-corrected chi connectivity index (χ0v) is 8.59. The van der Waals surface area contributed by atoms with E-state index in [0.717, 1.165) is 15.8 Å². The lowest BCUT2D eigenvalue weighted by atomic mass is 10.1. The van der Waals surface area contributed by atoms with Crippen LogP contribution >= 0.6 is 35.0 Å². The van der Waals surface area contributed by atoms with Crippen LogP contribution in [0.1, 0.15) is 10.8 Å². The molecule has 12 heavy (non-hydrogen) atoms. The van der Waals surface area contributed by atoms with Crippen molar-refractivity contribution in [2.75, 3.05) is 5.75 Å². The Morgan fingerprint density at radius 1 is 1.17 bits per heavy atom. The van der Waals surface area contributed by atoms with Crippen molar-refractivity contribution in [3.8, 4) is 0 Å². The smallest absolute Gasteiger partial charge is 0.0423 e. The molecule has 0 bridgehead atoms. The first kappa shape index (κ1) is 8.74. The molecule has 0 nitrogen and oxygen atoms in total. The first-order chi connectivity index (χ1) is 5.75. The molecule has 3 heteroatoms. The molecule has 1 fully saturated rings. The molecular formula is C9H7Cl2S. The van der Waals surface area contributed by atoms with Gasteiger partial charge in [-0.15, -0.1) is 0 Å². The van der Waals surface area contributed by atoms with Gasteiger partial charge in [-0.1, -0.05) is 23.2 Å². The molecule has 0 amide bonds. The van der Waals surface area contributed by atoms with Crippen molar-refractivity contribution in [2.45, 2.75) is 5.25 Å². The van der Waals surface area contributed by atoms with Gasteiger partial charge < -0.3 is 0 Å². The number of hydrogen-bond donors (Lipinski definition) is 0. The predicted molar refractivity (Wildman–Crippen MR) is 56.0 cm³/mol. The zero-order valence-electron chi connectivity index (χ0n) is 6.26. The van der Waals surface area contributed by atoms with Crippen LogP contribution in [-0.4, -0.2) is 5.75 Å². The minimum absolute atomic E-state index is 0.501. The molecule has 1 aromatic rings. The average Bonchev–Trinajstić information content (AvgIpc) is 1.79. The predicted octanol–water partition coefficient (Wildman–Crippen LogP) is 3.99. The SMILES string of the molecule is Clc1cc(Cl)cc(C2[CH]CS2)c1. The van der Waals surface area contributed by atoms with Gasteiger partial charge in [0.25, 0.3) is 0 Å². The third-order valence-electron chi connectivity index (χ3n) is 1.80. The number of rotatable bonds is 1. The summed E-state index contributed by atoms with van der Waals surface area (Å²) in [6.45, 7) is 0. The molecule has 0 aliphatic carbocycles. The molecule has 1 unspecified atom stereocenters. The molecule has 1 radical (unpaired) electrons. The average molecular weight is 218 g/mol. The summed E-state index contributed by atoms with van der Waals surface area (Å²) in [7, 11) is 0. The summed E-state index contributed by atoms with van der Waals surface area (Å²) in [6, 6.07) is 5.71. The molecule has 1 aliphatic heterocycles. The quantitative estimate of drug-likeness (QED) is 0.686. The van der Waals surface area contributed by atoms with Crippen molar-refractivity contribution in [2.24, 2.45) is 0 Å². The first-order valence-corrected chi connectivity index (χ1v) is 5.47. The fourth-order valence-electron chi connectivity index (χ4n) is 1.16. The lowest BCUT2D eigenvalue weighted by Gasteiger charge is -2.25. The third kappa shape index (κ3) is 1.73. The van der Waals surface area contributed by atoms with E-state index in [4.69, 9.17) is 23.2 Å². The monoisotopic (exact) mass is 217 g/mol. The number of halogens is 2. The van der Waals surface area contributed by atoms with E-state index in [1.54, 1.807) is 6.07 Å². The fraction of sp³-hybridized carbons (Fsp3) is 0.222. The molecule has 0 saturated carbocycles. The van der Waals surface area contributed by atoms with Crippen LogP contribution in [-0.2, 0) is 0 Å². The summed E-state index contributed by atoms with van der Waals surface area (Å²) in [5.74, 6) is 1.13. The maximum atomic E-state index is 5.87. The molecule has 1 aromatic carbocycles. The maximum absolute atomic E-state index is 5.87. The maximum Gasteiger partial charge on any atom is 0.0423 e. The minimum atomic E-state index is 0.501. The van der Waals surface area contributed by atoms with Crippen molar-refractivity contribution in [1.82, 2.24) is 0 Å². The van der Waals surface area contributed by atoms with Gasteiger partial charge in [0.15, 0.2) is 0 Å². The van der Waals surface area contributed by atoms with Crippen LogP contribution in [0, 0.1) is 6.42 Å². The van der Waals surface area contributed by atoms with Gasteiger partial charge >= 0.3 is 0 Å². The van der Waals surface area contributed by atoms with E-state index >= 15 is 0 Å². The molecule has 1 aliphatic rings. The van der Waals surface area contributed by atoms with Gasteiger partial charge in [0, 0.05) is 15.3 Å². The van der Waals surface area contributed by atoms with E-state index in [9.17, 15) is 0 Å². The van der Waals surface area contributed by atoms with E-state index in [0.29, 0.717) is 5.25 Å². The largest absolute Gasteiger partial charge is 0.153 e. The van der Waals surface area contributed by atoms with Crippen molar-refractivity contribution in [1.29, 1.82) is 0 Å². The summed E-state index contributed by atoms with van der Waals surface area (Å²) in [4.78, 5) is 0. The van der Waals surface area contributed by atoms with Gasteiger partial charge in [-0.05, 0) is 35.9 Å². The molecule has 1 atom stereocenters. The van der Waals surface area contributed by atoms with Gasteiger partial charge in [0.2, 0.25) is 0 Å². The summed E-state index contributed by atoms with van der Waals surface area (Å²) in [6.07, 6.45) is 2.26. The van der Waals surface area contributed by atoms with Crippen molar-refractivity contribution in [3.63, 3.8) is 0 Å². The van der Waals surface area contributed by atoms with Crippen molar-refractivity contribution >= 4 is 35.0 Å². The molecular weight excluding hydrogens is 211 g/mol. The Morgan fingerprint density at radius 2 is 1.75 bits per heavy atom. The highest BCUT2D eigenvalue weighted by Crippen LogP contribution is 2.42. The highest BCUT2D eigenvalue weighted by atomic mass is 35.5. The Hall–Kier alpha value is 0.150. The van der Waals surface area contributed by atoms with E-state index < -0.39 is 0 Å². The summed E-state index contributed by atoms with van der Waals surface area (Å²) < 4.78 is 0. The molecule has 2 rings (SSSR count). The van der Waals surface area contributed by atoms with E-state index in [-0.39, 0.29) is 0 Å². The molecule has 0 aromatic heterocycles. The van der Waals surface area contributed by atoms with E-state index in [2.05, 4.69) is 6.42 Å². The summed E-state index contributed by atoms with van der Waals surface area (Å²) in [5, 5.41) is 1.94. The van der Waals surface area contributed by atoms with Crippen LogP contribution in [0.2, 0.25) is 10.0 Å². The van der Waals surface area contributed by atoms with E-state index in [1.807, 2.05) is 23.9 Å². The topological polar surface area (TPSA) is 0 Å². The first-order valence-electron chi connectivity index (χ1n) is 3.66. The summed E-state index contributed by atoms with van der Waals surface area (Å²) in [5.41, 5.74) is 1.21. The van der Waals surface area contributed by atoms with Crippen molar-refractivity contribution in [3.05, 3.63) is 40.2 Å². The number of benzene rings is 1. The minimum Gasteiger partial charge on any atom is -0.153 e. The number of hydrogen-bond acceptors (Lipinski definition) is 1. The Bertz CT molecular complexity index is 274. The molecule has 0 N–H and O–H groups in total. The Morgan fingerprint density at radius 3 is 2.17 bits per heavy atom. The van der Waals surface area contributed by atoms with Gasteiger partial charge in [-0.2, -0.15) is 11.8 Å². The van der Waals surface area contributed by atoms with Crippen LogP contribution < -0.4 is 0 Å². The zero-order chi connectivity index (χ0) is 8.55. The summed E-state index contributed by atoms with van der Waals surface area (Å²) >= 11 is 13.6. The lowest BCUT2D eigenvalue weighted by molar-refractivity contribution is 1.06. The lowest BCUT2D eigenvalue weighted by Crippen LogP contribution is -2.07. The second kappa shape index (κ2) is 3.49. The molecule has 0 spiro atoms. The van der Waals surface area contributed by atoms with E-state index in [1.165, 1.54) is 5.56 Å². The van der Waals surface area contributed by atoms with Crippen LogP contribution in [0.4, 0.5) is 0 Å². The van der Waals surface area contributed by atoms with Gasteiger partial charge in [-0.3, -0.25) is 0 Å². The number of thioether (sulfide) groups is 1. The molecule has 63 valence electrons. The van der Waals surface area contributed by atoms with Crippen LogP contribution in [0.3, 0.4) is 0 Å². The Balaban J connectivity index is 2.30. The normalized spacial score (nSPS) is 22.0. The van der Waals surface area contributed by atoms with Gasteiger partial charge in [0.05, 0.1) is 0 Å². The highest BCUT2D eigenvalue weighted by Gasteiger charge is 2.20. The van der Waals surface area contributed by atoms with Gasteiger partial charge in [-0.25, -0.2) is 0 Å². The second-order valence-electron chi connectivity index (χ2n) is 2.69. The van der Waals surface area contributed by atoms with Crippen LogP contribution in [0.25, 0.3) is 0 Å². The second-order valence-corrected chi connectivity index (χ2v) is 4.74. The van der Waals surface area contributed by atoms with Crippen molar-refractivity contribution < 1.29 is 0 Å². The standard InChI is InChI=1S/C9H7Cl2S/c10-7-3-6(4-8(11)5-7)9-1-2-12-9/h1,3-5,9H,2H2. The van der Waals surface area contributed by atoms with Crippen LogP contribution in [0.15, 0.2) is 18.2 Å². The molecule has 1 saturated heterocycles.